The predicted molar refractivity (Wildman–Crippen MR) is 51.2 cm³/mol. The molecule has 1 N–H and O–H groups in total. The molecule has 0 aromatic carbocycles. The van der Waals surface area contributed by atoms with Crippen LogP contribution in [-0.4, -0.2) is 23.2 Å². The topological polar surface area (TPSA) is 59.4 Å². The molecule has 4 nitrogen and oxygen atoms in total. The number of pyridine rings is 1. The molecule has 0 saturated heterocycles. The van der Waals surface area contributed by atoms with E-state index in [1.807, 2.05) is 0 Å². The van der Waals surface area contributed by atoms with E-state index in [9.17, 15) is 4.79 Å². The van der Waals surface area contributed by atoms with Crippen molar-refractivity contribution in [2.24, 2.45) is 0 Å². The number of esters is 1. The number of methoxy groups -OCH3 is 1. The monoisotopic (exact) mass is 193 g/mol. The second-order valence-electron chi connectivity index (χ2n) is 2.60. The van der Waals surface area contributed by atoms with Crippen molar-refractivity contribution in [2.45, 2.75) is 6.61 Å². The van der Waals surface area contributed by atoms with Gasteiger partial charge in [-0.25, -0.2) is 4.79 Å². The molecular formula is C10H11NO3. The zero-order valence-electron chi connectivity index (χ0n) is 7.80. The minimum Gasteiger partial charge on any atom is -0.466 e. The summed E-state index contributed by atoms with van der Waals surface area (Å²) in [4.78, 5) is 14.7. The molecule has 1 heterocycles. The van der Waals surface area contributed by atoms with Gasteiger partial charge >= 0.3 is 5.97 Å². The highest BCUT2D eigenvalue weighted by atomic mass is 16.5. The minimum atomic E-state index is -0.406. The highest BCUT2D eigenvalue weighted by Crippen LogP contribution is 2.02. The zero-order valence-corrected chi connectivity index (χ0v) is 7.80. The van der Waals surface area contributed by atoms with Crippen LogP contribution in [0, 0.1) is 0 Å². The van der Waals surface area contributed by atoms with E-state index >= 15 is 0 Å². The number of nitrogens with zero attached hydrogens (tertiary/aromatic N) is 1. The number of carbonyl (C=O) groups excluding carboxylic acids is 1. The van der Waals surface area contributed by atoms with Crippen LogP contribution in [0.5, 0.6) is 0 Å². The van der Waals surface area contributed by atoms with E-state index in [-0.39, 0.29) is 6.61 Å². The third-order valence-electron chi connectivity index (χ3n) is 1.62. The normalized spacial score (nSPS) is 10.4. The number of aliphatic hydroxyl groups excluding tert-OH is 1. The van der Waals surface area contributed by atoms with Crippen molar-refractivity contribution in [2.75, 3.05) is 7.11 Å². The molecule has 1 aromatic heterocycles. The standard InChI is InChI=1S/C10H11NO3/c1-14-10(13)5-3-8-2-4-9(7-12)11-6-8/h2-6,12H,7H2,1H3/b5-3+. The maximum Gasteiger partial charge on any atom is 0.330 e. The molecular weight excluding hydrogens is 182 g/mol. The molecule has 0 unspecified atom stereocenters. The van der Waals surface area contributed by atoms with Crippen LogP contribution in [0.4, 0.5) is 0 Å². The molecule has 0 fully saturated rings. The average Bonchev–Trinajstić information content (AvgIpc) is 2.26. The molecule has 0 saturated carbocycles. The Morgan fingerprint density at radius 1 is 1.64 bits per heavy atom. The summed E-state index contributed by atoms with van der Waals surface area (Å²) in [6, 6.07) is 3.45. The Morgan fingerprint density at radius 3 is 2.93 bits per heavy atom. The van der Waals surface area contributed by atoms with Crippen molar-refractivity contribution in [1.82, 2.24) is 4.98 Å². The molecule has 0 aliphatic heterocycles. The first kappa shape index (κ1) is 10.4. The molecule has 0 bridgehead atoms. The second-order valence-corrected chi connectivity index (χ2v) is 2.60. The first-order valence-electron chi connectivity index (χ1n) is 4.08. The average molecular weight is 193 g/mol. The fourth-order valence-corrected chi connectivity index (χ4v) is 0.860. The molecule has 14 heavy (non-hydrogen) atoms. The summed E-state index contributed by atoms with van der Waals surface area (Å²) in [7, 11) is 1.32. The molecule has 74 valence electrons. The summed E-state index contributed by atoms with van der Waals surface area (Å²) in [5.41, 5.74) is 1.38. The minimum absolute atomic E-state index is 0.0823. The van der Waals surface area contributed by atoms with Crippen LogP contribution in [0.25, 0.3) is 6.08 Å². The fraction of sp³-hybridized carbons (Fsp3) is 0.200. The smallest absolute Gasteiger partial charge is 0.330 e. The first-order valence-corrected chi connectivity index (χ1v) is 4.08. The molecule has 1 aromatic rings. The highest BCUT2D eigenvalue weighted by Gasteiger charge is 1.93. The van der Waals surface area contributed by atoms with E-state index in [1.54, 1.807) is 24.4 Å². The van der Waals surface area contributed by atoms with Crippen LogP contribution < -0.4 is 0 Å². The molecule has 0 atom stereocenters. The summed E-state index contributed by atoms with van der Waals surface area (Å²) in [5.74, 6) is -0.406. The first-order chi connectivity index (χ1) is 6.76. The number of aromatic nitrogens is 1. The molecule has 0 aliphatic carbocycles. The summed E-state index contributed by atoms with van der Waals surface area (Å²) < 4.78 is 4.43. The lowest BCUT2D eigenvalue weighted by Crippen LogP contribution is -1.93. The Labute approximate surface area is 81.9 Å². The number of hydrogen-bond acceptors (Lipinski definition) is 4. The van der Waals surface area contributed by atoms with Gasteiger partial charge in [-0.15, -0.1) is 0 Å². The van der Waals surface area contributed by atoms with Gasteiger partial charge in [0.1, 0.15) is 0 Å². The third kappa shape index (κ3) is 2.99. The van der Waals surface area contributed by atoms with Gasteiger partial charge in [-0.05, 0) is 17.7 Å². The van der Waals surface area contributed by atoms with E-state index in [0.717, 1.165) is 5.56 Å². The summed E-state index contributed by atoms with van der Waals surface area (Å²) in [6.07, 6.45) is 4.49. The quantitative estimate of drug-likeness (QED) is 0.568. The Hall–Kier alpha value is -1.68. The Kier molecular flexibility index (Phi) is 3.82. The van der Waals surface area contributed by atoms with Gasteiger partial charge in [0.2, 0.25) is 0 Å². The van der Waals surface area contributed by atoms with Gasteiger partial charge < -0.3 is 9.84 Å². The zero-order chi connectivity index (χ0) is 10.4. The van der Waals surface area contributed by atoms with E-state index < -0.39 is 5.97 Å². The van der Waals surface area contributed by atoms with Crippen molar-refractivity contribution in [3.63, 3.8) is 0 Å². The Morgan fingerprint density at radius 2 is 2.43 bits per heavy atom. The molecule has 0 radical (unpaired) electrons. The maximum absolute atomic E-state index is 10.7. The van der Waals surface area contributed by atoms with Gasteiger partial charge in [-0.2, -0.15) is 0 Å². The van der Waals surface area contributed by atoms with Crippen molar-refractivity contribution in [3.05, 3.63) is 35.7 Å². The van der Waals surface area contributed by atoms with Crippen LogP contribution in [0.3, 0.4) is 0 Å². The second kappa shape index (κ2) is 5.14. The molecule has 4 heteroatoms. The van der Waals surface area contributed by atoms with Crippen LogP contribution in [0.15, 0.2) is 24.4 Å². The van der Waals surface area contributed by atoms with Gasteiger partial charge in [-0.1, -0.05) is 6.07 Å². The van der Waals surface area contributed by atoms with Crippen molar-refractivity contribution < 1.29 is 14.6 Å². The van der Waals surface area contributed by atoms with Crippen LogP contribution in [0.1, 0.15) is 11.3 Å². The largest absolute Gasteiger partial charge is 0.466 e. The van der Waals surface area contributed by atoms with Crippen LogP contribution in [-0.2, 0) is 16.1 Å². The Bertz CT molecular complexity index is 330. The van der Waals surface area contributed by atoms with Crippen LogP contribution >= 0.6 is 0 Å². The maximum atomic E-state index is 10.7. The number of ether oxygens (including phenoxy) is 1. The van der Waals surface area contributed by atoms with Gasteiger partial charge in [0.15, 0.2) is 0 Å². The number of rotatable bonds is 3. The van der Waals surface area contributed by atoms with Gasteiger partial charge in [0.05, 0.1) is 19.4 Å². The fourth-order valence-electron chi connectivity index (χ4n) is 0.860. The van der Waals surface area contributed by atoms with Crippen LogP contribution in [0.2, 0.25) is 0 Å². The lowest BCUT2D eigenvalue weighted by atomic mass is 10.2. The lowest BCUT2D eigenvalue weighted by molar-refractivity contribution is -0.134. The van der Waals surface area contributed by atoms with Crippen molar-refractivity contribution in [3.8, 4) is 0 Å². The molecule has 0 aliphatic rings. The van der Waals surface area contributed by atoms with E-state index in [4.69, 9.17) is 5.11 Å². The molecule has 0 spiro atoms. The summed E-state index contributed by atoms with van der Waals surface area (Å²) in [6.45, 7) is -0.0823. The SMILES string of the molecule is COC(=O)/C=C/c1ccc(CO)nc1. The van der Waals surface area contributed by atoms with E-state index in [0.29, 0.717) is 5.69 Å². The van der Waals surface area contributed by atoms with E-state index in [2.05, 4.69) is 9.72 Å². The van der Waals surface area contributed by atoms with Gasteiger partial charge in [0, 0.05) is 12.3 Å². The molecule has 0 amide bonds. The number of aliphatic hydroxyl groups is 1. The molecule has 1 rings (SSSR count). The lowest BCUT2D eigenvalue weighted by Gasteiger charge is -1.95. The van der Waals surface area contributed by atoms with Gasteiger partial charge in [0.25, 0.3) is 0 Å². The summed E-state index contributed by atoms with van der Waals surface area (Å²) >= 11 is 0. The number of carbonyl (C=O) groups is 1. The van der Waals surface area contributed by atoms with E-state index in [1.165, 1.54) is 13.2 Å². The van der Waals surface area contributed by atoms with Crippen molar-refractivity contribution >= 4 is 12.0 Å². The Balaban J connectivity index is 2.68. The highest BCUT2D eigenvalue weighted by molar-refractivity contribution is 5.86. The third-order valence-corrected chi connectivity index (χ3v) is 1.62. The summed E-state index contributed by atoms with van der Waals surface area (Å²) in [5, 5.41) is 8.73. The number of hydrogen-bond donors (Lipinski definition) is 1. The van der Waals surface area contributed by atoms with Gasteiger partial charge in [-0.3, -0.25) is 4.98 Å². The predicted octanol–water partition coefficient (Wildman–Crippen LogP) is 0.760. The van der Waals surface area contributed by atoms with Crippen molar-refractivity contribution in [1.29, 1.82) is 0 Å².